The molecule has 0 aliphatic heterocycles. The SMILES string of the molecule is C=CC(=O)OC(CCS(=O)(=O)O)OC(=O)C(O)=CC. The van der Waals surface area contributed by atoms with Crippen molar-refractivity contribution in [3.63, 3.8) is 0 Å². The van der Waals surface area contributed by atoms with Gasteiger partial charge in [0.25, 0.3) is 10.1 Å². The first kappa shape index (κ1) is 17.1. The van der Waals surface area contributed by atoms with Gasteiger partial charge in [-0.3, -0.25) is 4.55 Å². The molecule has 0 heterocycles. The fraction of sp³-hybridized carbons (Fsp3) is 0.400. The topological polar surface area (TPSA) is 127 Å². The van der Waals surface area contributed by atoms with Gasteiger partial charge >= 0.3 is 11.9 Å². The van der Waals surface area contributed by atoms with Crippen LogP contribution in [0.2, 0.25) is 0 Å². The van der Waals surface area contributed by atoms with Crippen molar-refractivity contribution in [2.45, 2.75) is 19.6 Å². The van der Waals surface area contributed by atoms with Gasteiger partial charge in [-0.25, -0.2) is 9.59 Å². The van der Waals surface area contributed by atoms with E-state index in [-0.39, 0.29) is 0 Å². The second-order valence-electron chi connectivity index (χ2n) is 3.22. The Labute approximate surface area is 110 Å². The summed E-state index contributed by atoms with van der Waals surface area (Å²) in [5.74, 6) is -3.66. The summed E-state index contributed by atoms with van der Waals surface area (Å²) in [6.07, 6.45) is -0.232. The van der Waals surface area contributed by atoms with E-state index in [1.807, 2.05) is 0 Å². The Morgan fingerprint density at radius 1 is 1.37 bits per heavy atom. The van der Waals surface area contributed by atoms with Gasteiger partial charge < -0.3 is 14.6 Å². The van der Waals surface area contributed by atoms with Gasteiger partial charge in [0.1, 0.15) is 0 Å². The Morgan fingerprint density at radius 2 is 1.95 bits per heavy atom. The highest BCUT2D eigenvalue weighted by Crippen LogP contribution is 2.07. The molecular weight excluding hydrogens is 280 g/mol. The maximum absolute atomic E-state index is 11.2. The summed E-state index contributed by atoms with van der Waals surface area (Å²) in [5.41, 5.74) is 0. The fourth-order valence-corrected chi connectivity index (χ4v) is 1.35. The summed E-state index contributed by atoms with van der Waals surface area (Å²) in [6.45, 7) is 4.47. The van der Waals surface area contributed by atoms with Gasteiger partial charge in [-0.1, -0.05) is 6.58 Å². The molecule has 9 heteroatoms. The van der Waals surface area contributed by atoms with Crippen molar-refractivity contribution in [1.82, 2.24) is 0 Å². The average Bonchev–Trinajstić information content (AvgIpc) is 2.33. The summed E-state index contributed by atoms with van der Waals surface area (Å²) in [6, 6.07) is 0. The van der Waals surface area contributed by atoms with Crippen molar-refractivity contribution in [1.29, 1.82) is 0 Å². The summed E-state index contributed by atoms with van der Waals surface area (Å²) < 4.78 is 38.8. The van der Waals surface area contributed by atoms with Crippen LogP contribution in [0.25, 0.3) is 0 Å². The van der Waals surface area contributed by atoms with Crippen LogP contribution < -0.4 is 0 Å². The third kappa shape index (κ3) is 7.95. The zero-order valence-electron chi connectivity index (χ0n) is 10.1. The van der Waals surface area contributed by atoms with Crippen LogP contribution in [0.4, 0.5) is 0 Å². The van der Waals surface area contributed by atoms with Crippen LogP contribution in [-0.4, -0.2) is 42.1 Å². The number of hydrogen-bond donors (Lipinski definition) is 2. The first-order valence-corrected chi connectivity index (χ1v) is 6.65. The molecule has 0 aliphatic rings. The maximum atomic E-state index is 11.2. The average molecular weight is 294 g/mol. The lowest BCUT2D eigenvalue weighted by Gasteiger charge is -2.16. The van der Waals surface area contributed by atoms with Gasteiger partial charge in [0.05, 0.1) is 5.75 Å². The minimum Gasteiger partial charge on any atom is -0.502 e. The summed E-state index contributed by atoms with van der Waals surface area (Å²) in [4.78, 5) is 22.2. The second kappa shape index (κ2) is 7.54. The number of hydrogen-bond acceptors (Lipinski definition) is 7. The van der Waals surface area contributed by atoms with E-state index < -0.39 is 46.3 Å². The Kier molecular flexibility index (Phi) is 6.80. The van der Waals surface area contributed by atoms with Crippen LogP contribution in [0.15, 0.2) is 24.5 Å². The predicted molar refractivity (Wildman–Crippen MR) is 63.6 cm³/mol. The minimum atomic E-state index is -4.31. The summed E-state index contributed by atoms with van der Waals surface area (Å²) >= 11 is 0. The van der Waals surface area contributed by atoms with Crippen LogP contribution in [0.1, 0.15) is 13.3 Å². The smallest absolute Gasteiger partial charge is 0.376 e. The van der Waals surface area contributed by atoms with Gasteiger partial charge in [0.15, 0.2) is 5.76 Å². The molecule has 0 aliphatic carbocycles. The number of allylic oxidation sites excluding steroid dienone is 1. The molecule has 0 radical (unpaired) electrons. The molecule has 0 saturated carbocycles. The Morgan fingerprint density at radius 3 is 2.37 bits per heavy atom. The highest BCUT2D eigenvalue weighted by molar-refractivity contribution is 7.85. The van der Waals surface area contributed by atoms with Crippen LogP contribution in [0.5, 0.6) is 0 Å². The molecule has 0 spiro atoms. The van der Waals surface area contributed by atoms with Gasteiger partial charge in [-0.2, -0.15) is 8.42 Å². The molecule has 0 bridgehead atoms. The molecule has 0 aromatic heterocycles. The lowest BCUT2D eigenvalue weighted by atomic mass is 10.4. The third-order valence-electron chi connectivity index (χ3n) is 1.75. The van der Waals surface area contributed by atoms with E-state index in [0.717, 1.165) is 12.2 Å². The number of rotatable bonds is 7. The Balaban J connectivity index is 4.71. The third-order valence-corrected chi connectivity index (χ3v) is 2.50. The Hall–Kier alpha value is -1.87. The molecule has 0 aromatic carbocycles. The van der Waals surface area contributed by atoms with Crippen molar-refractivity contribution in [2.75, 3.05) is 5.75 Å². The molecule has 1 unspecified atom stereocenters. The highest BCUT2D eigenvalue weighted by Gasteiger charge is 2.22. The second-order valence-corrected chi connectivity index (χ2v) is 4.80. The zero-order chi connectivity index (χ0) is 15.1. The lowest BCUT2D eigenvalue weighted by Crippen LogP contribution is -2.27. The molecule has 0 amide bonds. The molecule has 1 atom stereocenters. The molecule has 108 valence electrons. The molecule has 2 N–H and O–H groups in total. The van der Waals surface area contributed by atoms with Crippen molar-refractivity contribution >= 4 is 22.1 Å². The van der Waals surface area contributed by atoms with Crippen LogP contribution >= 0.6 is 0 Å². The molecular formula is C10H14O8S. The maximum Gasteiger partial charge on any atom is 0.376 e. The predicted octanol–water partition coefficient (Wildman–Crippen LogP) is 0.325. The van der Waals surface area contributed by atoms with Crippen LogP contribution in [-0.2, 0) is 29.2 Å². The molecule has 8 nitrogen and oxygen atoms in total. The molecule has 0 saturated heterocycles. The van der Waals surface area contributed by atoms with Crippen LogP contribution in [0.3, 0.4) is 0 Å². The van der Waals surface area contributed by atoms with Gasteiger partial charge in [0, 0.05) is 12.5 Å². The zero-order valence-corrected chi connectivity index (χ0v) is 10.9. The minimum absolute atomic E-state index is 0.485. The van der Waals surface area contributed by atoms with Crippen molar-refractivity contribution in [2.24, 2.45) is 0 Å². The van der Waals surface area contributed by atoms with E-state index in [1.54, 1.807) is 0 Å². The molecule has 19 heavy (non-hydrogen) atoms. The quantitative estimate of drug-likeness (QED) is 0.226. The fourth-order valence-electron chi connectivity index (χ4n) is 0.862. The number of ether oxygens (including phenoxy) is 2. The summed E-state index contributed by atoms with van der Waals surface area (Å²) in [5, 5.41) is 9.05. The van der Waals surface area contributed by atoms with E-state index >= 15 is 0 Å². The van der Waals surface area contributed by atoms with Gasteiger partial charge in [-0.15, -0.1) is 0 Å². The lowest BCUT2D eigenvalue weighted by molar-refractivity contribution is -0.183. The van der Waals surface area contributed by atoms with E-state index in [0.29, 0.717) is 0 Å². The van der Waals surface area contributed by atoms with E-state index in [4.69, 9.17) is 9.66 Å². The van der Waals surface area contributed by atoms with Crippen molar-refractivity contribution in [3.8, 4) is 0 Å². The number of carbonyl (C=O) groups is 2. The van der Waals surface area contributed by atoms with E-state index in [1.165, 1.54) is 6.92 Å². The Bertz CT molecular complexity index is 476. The highest BCUT2D eigenvalue weighted by atomic mass is 32.2. The first-order valence-electron chi connectivity index (χ1n) is 5.04. The van der Waals surface area contributed by atoms with Gasteiger partial charge in [0.2, 0.25) is 6.29 Å². The molecule has 0 fully saturated rings. The number of esters is 2. The van der Waals surface area contributed by atoms with Gasteiger partial charge in [-0.05, 0) is 13.0 Å². The van der Waals surface area contributed by atoms with E-state index in [2.05, 4.69) is 16.1 Å². The van der Waals surface area contributed by atoms with E-state index in [9.17, 15) is 18.0 Å². The number of carbonyl (C=O) groups excluding carboxylic acids is 2. The largest absolute Gasteiger partial charge is 0.502 e. The van der Waals surface area contributed by atoms with Crippen molar-refractivity contribution < 1.29 is 37.1 Å². The van der Waals surface area contributed by atoms with Crippen molar-refractivity contribution in [3.05, 3.63) is 24.5 Å². The molecule has 0 aromatic rings. The molecule has 0 rings (SSSR count). The first-order chi connectivity index (χ1) is 8.69. The normalized spacial score (nSPS) is 13.5. The van der Waals surface area contributed by atoms with Crippen LogP contribution in [0, 0.1) is 0 Å². The summed E-state index contributed by atoms with van der Waals surface area (Å²) in [7, 11) is -4.31. The standard InChI is InChI=1S/C10H14O8S/c1-3-7(11)10(13)18-9(17-8(12)4-2)5-6-19(14,15)16/h3-4,9,11H,2,5-6H2,1H3,(H,14,15,16). The monoisotopic (exact) mass is 294 g/mol. The number of aliphatic hydroxyl groups is 1. The number of aliphatic hydroxyl groups excluding tert-OH is 1.